The molecule has 2 N–H and O–H groups in total. The Morgan fingerprint density at radius 3 is 2.30 bits per heavy atom. The van der Waals surface area contributed by atoms with E-state index >= 15 is 0 Å². The van der Waals surface area contributed by atoms with Crippen LogP contribution < -0.4 is 5.90 Å². The lowest BCUT2D eigenvalue weighted by Gasteiger charge is -2.08. The van der Waals surface area contributed by atoms with Gasteiger partial charge < -0.3 is 14.1 Å². The lowest BCUT2D eigenvalue weighted by molar-refractivity contribution is -0.384. The Morgan fingerprint density at radius 2 is 1.67 bits per heavy atom. The predicted octanol–water partition coefficient (Wildman–Crippen LogP) is 4.78. The predicted molar refractivity (Wildman–Crippen MR) is 119 cm³/mol. The maximum absolute atomic E-state index is 10.9. The molecule has 4 rings (SSSR count). The van der Waals surface area contributed by atoms with E-state index in [0.717, 1.165) is 23.1 Å². The summed E-state index contributed by atoms with van der Waals surface area (Å²) in [6.45, 7) is 3.12. The van der Waals surface area contributed by atoms with Crippen LogP contribution in [0.4, 0.5) is 5.69 Å². The van der Waals surface area contributed by atoms with Crippen molar-refractivity contribution in [3.63, 3.8) is 0 Å². The van der Waals surface area contributed by atoms with Crippen molar-refractivity contribution in [2.24, 2.45) is 5.90 Å². The summed E-state index contributed by atoms with van der Waals surface area (Å²) in [5.41, 5.74) is 4.40. The van der Waals surface area contributed by atoms with Crippen molar-refractivity contribution in [3.05, 3.63) is 82.4 Å². The van der Waals surface area contributed by atoms with E-state index in [4.69, 9.17) is 4.74 Å². The number of hydrogen-bond donors (Lipinski definition) is 1. The molecule has 0 spiro atoms. The standard InChI is InChI=1S/C21H18N2O3.C2H7NO/c1-26-13-12-15-6-11-21-19(14-15)18-4-2-3-5-20(18)22(21)16-7-9-17(10-8-16)23(24)25;1-2-4-3/h2-11,14H,12-13H2,1H3;2-3H2,1H3. The molecule has 0 bridgehead atoms. The van der Waals surface area contributed by atoms with Gasteiger partial charge >= 0.3 is 0 Å². The quantitative estimate of drug-likeness (QED) is 0.367. The topological polar surface area (TPSA) is 92.6 Å². The highest BCUT2D eigenvalue weighted by Gasteiger charge is 2.13. The molecular weight excluding hydrogens is 382 g/mol. The number of benzene rings is 3. The average Bonchev–Trinajstić information content (AvgIpc) is 3.11. The van der Waals surface area contributed by atoms with Crippen molar-refractivity contribution in [2.45, 2.75) is 13.3 Å². The van der Waals surface area contributed by atoms with Gasteiger partial charge in [-0.1, -0.05) is 24.3 Å². The van der Waals surface area contributed by atoms with Crippen molar-refractivity contribution in [3.8, 4) is 5.69 Å². The van der Waals surface area contributed by atoms with Crippen LogP contribution >= 0.6 is 0 Å². The molecular formula is C23H25N3O4. The fraction of sp³-hybridized carbons (Fsp3) is 0.217. The maximum atomic E-state index is 10.9. The number of para-hydroxylation sites is 1. The smallest absolute Gasteiger partial charge is 0.269 e. The van der Waals surface area contributed by atoms with Gasteiger partial charge in [-0.25, -0.2) is 5.90 Å². The molecule has 0 atom stereocenters. The molecule has 30 heavy (non-hydrogen) atoms. The third-order valence-corrected chi connectivity index (χ3v) is 4.82. The van der Waals surface area contributed by atoms with Gasteiger partial charge in [0.25, 0.3) is 5.69 Å². The number of fused-ring (bicyclic) bond motifs is 3. The number of non-ortho nitro benzene ring substituents is 1. The average molecular weight is 407 g/mol. The second kappa shape index (κ2) is 9.98. The Morgan fingerprint density at radius 1 is 1.00 bits per heavy atom. The van der Waals surface area contributed by atoms with E-state index in [0.29, 0.717) is 13.2 Å². The Kier molecular flexibility index (Phi) is 7.13. The summed E-state index contributed by atoms with van der Waals surface area (Å²) in [6.07, 6.45) is 0.865. The summed E-state index contributed by atoms with van der Waals surface area (Å²) >= 11 is 0. The molecule has 1 heterocycles. The molecule has 0 radical (unpaired) electrons. The number of hydrogen-bond acceptors (Lipinski definition) is 5. The largest absolute Gasteiger partial charge is 0.384 e. The summed E-state index contributed by atoms with van der Waals surface area (Å²) < 4.78 is 7.34. The zero-order valence-electron chi connectivity index (χ0n) is 17.1. The van der Waals surface area contributed by atoms with Crippen molar-refractivity contribution in [2.75, 3.05) is 20.3 Å². The second-order valence-electron chi connectivity index (χ2n) is 6.68. The first-order valence-electron chi connectivity index (χ1n) is 9.68. The molecule has 0 aliphatic carbocycles. The van der Waals surface area contributed by atoms with E-state index in [2.05, 4.69) is 45.6 Å². The number of rotatable bonds is 6. The maximum Gasteiger partial charge on any atom is 0.269 e. The molecule has 7 heteroatoms. The Hall–Kier alpha value is -3.26. The molecule has 0 saturated heterocycles. The minimum atomic E-state index is -0.377. The van der Waals surface area contributed by atoms with Crippen LogP contribution in [0.3, 0.4) is 0 Å². The number of nitro groups is 1. The van der Waals surface area contributed by atoms with Crippen LogP contribution in [0, 0.1) is 10.1 Å². The van der Waals surface area contributed by atoms with Crippen LogP contribution in [0.15, 0.2) is 66.7 Å². The van der Waals surface area contributed by atoms with E-state index in [-0.39, 0.29) is 10.6 Å². The molecule has 0 unspecified atom stereocenters. The van der Waals surface area contributed by atoms with Crippen LogP contribution in [0.25, 0.3) is 27.5 Å². The van der Waals surface area contributed by atoms with E-state index in [1.165, 1.54) is 16.3 Å². The first kappa shape index (κ1) is 21.4. The van der Waals surface area contributed by atoms with Crippen LogP contribution in [0.2, 0.25) is 0 Å². The summed E-state index contributed by atoms with van der Waals surface area (Å²) in [6, 6.07) is 21.3. The number of nitro benzene ring substituents is 1. The summed E-state index contributed by atoms with van der Waals surface area (Å²) in [7, 11) is 1.71. The highest BCUT2D eigenvalue weighted by atomic mass is 16.6. The molecule has 4 aromatic rings. The van der Waals surface area contributed by atoms with Gasteiger partial charge in [0, 0.05) is 35.7 Å². The van der Waals surface area contributed by atoms with Crippen LogP contribution in [0.1, 0.15) is 12.5 Å². The number of methoxy groups -OCH3 is 1. The third-order valence-electron chi connectivity index (χ3n) is 4.82. The first-order valence-corrected chi connectivity index (χ1v) is 9.68. The summed E-state index contributed by atoms with van der Waals surface area (Å²) in [5, 5.41) is 13.3. The van der Waals surface area contributed by atoms with Gasteiger partial charge in [0.1, 0.15) is 0 Å². The van der Waals surface area contributed by atoms with E-state index in [9.17, 15) is 10.1 Å². The third kappa shape index (κ3) is 4.49. The molecule has 0 aliphatic heterocycles. The van der Waals surface area contributed by atoms with Gasteiger partial charge in [0.15, 0.2) is 0 Å². The lowest BCUT2D eigenvalue weighted by Crippen LogP contribution is -1.96. The monoisotopic (exact) mass is 407 g/mol. The first-order chi connectivity index (χ1) is 14.6. The van der Waals surface area contributed by atoms with Gasteiger partial charge in [0.2, 0.25) is 0 Å². The van der Waals surface area contributed by atoms with Crippen molar-refractivity contribution in [1.29, 1.82) is 0 Å². The SMILES string of the molecule is CCON.COCCc1ccc2c(c1)c1ccccc1n2-c1ccc([N+](=O)[O-])cc1. The highest BCUT2D eigenvalue weighted by Crippen LogP contribution is 2.33. The van der Waals surface area contributed by atoms with Gasteiger partial charge in [0.05, 0.1) is 29.2 Å². The molecule has 156 valence electrons. The molecule has 3 aromatic carbocycles. The zero-order valence-corrected chi connectivity index (χ0v) is 17.1. The normalized spacial score (nSPS) is 10.8. The number of nitrogens with two attached hydrogens (primary N) is 1. The van der Waals surface area contributed by atoms with E-state index in [1.807, 2.05) is 19.1 Å². The molecule has 0 aliphatic rings. The van der Waals surface area contributed by atoms with E-state index < -0.39 is 0 Å². The Balaban J connectivity index is 0.000000589. The molecule has 7 nitrogen and oxygen atoms in total. The van der Waals surface area contributed by atoms with Gasteiger partial charge in [-0.05, 0) is 49.2 Å². The van der Waals surface area contributed by atoms with Crippen LogP contribution in [-0.2, 0) is 16.0 Å². The highest BCUT2D eigenvalue weighted by molar-refractivity contribution is 6.09. The molecule has 0 saturated carbocycles. The van der Waals surface area contributed by atoms with Crippen LogP contribution in [-0.4, -0.2) is 29.8 Å². The van der Waals surface area contributed by atoms with Gasteiger partial charge in [-0.3, -0.25) is 10.1 Å². The number of nitrogens with zero attached hydrogens (tertiary/aromatic N) is 2. The summed E-state index contributed by atoms with van der Waals surface area (Å²) in [5.74, 6) is 4.53. The fourth-order valence-electron chi connectivity index (χ4n) is 3.40. The molecule has 0 amide bonds. The number of ether oxygens (including phenoxy) is 1. The van der Waals surface area contributed by atoms with Crippen LogP contribution in [0.5, 0.6) is 0 Å². The zero-order chi connectivity index (χ0) is 21.5. The lowest BCUT2D eigenvalue weighted by atomic mass is 10.1. The van der Waals surface area contributed by atoms with Gasteiger partial charge in [-0.2, -0.15) is 0 Å². The molecule has 0 fully saturated rings. The van der Waals surface area contributed by atoms with E-state index in [1.54, 1.807) is 31.4 Å². The number of aromatic nitrogens is 1. The summed E-state index contributed by atoms with van der Waals surface area (Å²) in [4.78, 5) is 14.6. The van der Waals surface area contributed by atoms with Crippen molar-refractivity contribution < 1.29 is 14.5 Å². The van der Waals surface area contributed by atoms with Gasteiger partial charge in [-0.15, -0.1) is 0 Å². The Bertz CT molecular complexity index is 1130. The second-order valence-corrected chi connectivity index (χ2v) is 6.68. The molecule has 1 aromatic heterocycles. The Labute approximate surface area is 174 Å². The van der Waals surface area contributed by atoms with Crippen molar-refractivity contribution in [1.82, 2.24) is 4.57 Å². The minimum Gasteiger partial charge on any atom is -0.384 e. The fourth-order valence-corrected chi connectivity index (χ4v) is 3.40. The van der Waals surface area contributed by atoms with Crippen molar-refractivity contribution >= 4 is 27.5 Å². The minimum absolute atomic E-state index is 0.0939.